The van der Waals surface area contributed by atoms with Gasteiger partial charge in [0.05, 0.1) is 11.0 Å². The monoisotopic (exact) mass is 503 g/mol. The Morgan fingerprint density at radius 1 is 0.818 bits per heavy atom. The molecule has 1 heterocycles. The molecule has 1 amide bonds. The van der Waals surface area contributed by atoms with E-state index in [1.807, 2.05) is 24.3 Å². The highest BCUT2D eigenvalue weighted by Crippen LogP contribution is 2.19. The Labute approximate surface area is 204 Å². The molecule has 33 heavy (non-hydrogen) atoms. The van der Waals surface area contributed by atoms with Gasteiger partial charge in [0, 0.05) is 29.5 Å². The van der Waals surface area contributed by atoms with E-state index >= 15 is 0 Å². The Morgan fingerprint density at radius 3 is 2.39 bits per heavy atom. The molecular weight excluding hydrogens is 474 g/mol. The van der Waals surface area contributed by atoms with E-state index in [0.29, 0.717) is 12.1 Å². The summed E-state index contributed by atoms with van der Waals surface area (Å²) in [5, 5.41) is 3.02. The topological polar surface area (TPSA) is 46.9 Å². The zero-order chi connectivity index (χ0) is 22.9. The van der Waals surface area contributed by atoms with Crippen molar-refractivity contribution < 1.29 is 4.79 Å². The summed E-state index contributed by atoms with van der Waals surface area (Å²) in [6.45, 7) is 1.68. The molecule has 0 aliphatic heterocycles. The van der Waals surface area contributed by atoms with E-state index in [9.17, 15) is 4.79 Å². The number of carbonyl (C=O) groups is 1. The fraction of sp³-hybridized carbons (Fsp3) is 0.286. The number of fused-ring (bicyclic) bond motifs is 1. The van der Waals surface area contributed by atoms with Crippen molar-refractivity contribution in [2.45, 2.75) is 45.1 Å². The van der Waals surface area contributed by atoms with Crippen molar-refractivity contribution in [2.75, 3.05) is 6.54 Å². The minimum absolute atomic E-state index is 0.0114. The van der Waals surface area contributed by atoms with Crippen molar-refractivity contribution in [3.63, 3.8) is 0 Å². The number of amides is 1. The molecule has 0 fully saturated rings. The third kappa shape index (κ3) is 6.55. The first-order valence-electron chi connectivity index (χ1n) is 11.7. The molecule has 4 rings (SSSR count). The minimum atomic E-state index is -0.0114. The van der Waals surface area contributed by atoms with Crippen LogP contribution in [0.5, 0.6) is 0 Å². The maximum Gasteiger partial charge on any atom is 0.251 e. The van der Waals surface area contributed by atoms with Gasteiger partial charge in [-0.3, -0.25) is 4.79 Å². The summed E-state index contributed by atoms with van der Waals surface area (Å²) in [6, 6.07) is 26.5. The Hall–Kier alpha value is -2.92. The fourth-order valence-electron chi connectivity index (χ4n) is 4.14. The van der Waals surface area contributed by atoms with E-state index in [1.165, 1.54) is 16.9 Å². The van der Waals surface area contributed by atoms with Crippen LogP contribution in [0.4, 0.5) is 0 Å². The van der Waals surface area contributed by atoms with Crippen molar-refractivity contribution in [3.05, 3.63) is 100 Å². The van der Waals surface area contributed by atoms with Gasteiger partial charge in [0.15, 0.2) is 0 Å². The van der Waals surface area contributed by atoms with Crippen LogP contribution in [0, 0.1) is 0 Å². The number of rotatable bonds is 11. The number of aryl methyl sites for hydroxylation is 3. The molecule has 0 spiro atoms. The van der Waals surface area contributed by atoms with Gasteiger partial charge in [-0.2, -0.15) is 0 Å². The number of carbonyl (C=O) groups excluding carboxylic acids is 1. The first kappa shape index (κ1) is 23.2. The highest BCUT2D eigenvalue weighted by Gasteiger charge is 2.10. The van der Waals surface area contributed by atoms with Gasteiger partial charge in [0.1, 0.15) is 5.82 Å². The Morgan fingerprint density at radius 2 is 1.58 bits per heavy atom. The van der Waals surface area contributed by atoms with Crippen LogP contribution in [0.1, 0.15) is 47.4 Å². The number of halogens is 1. The molecular formula is C28H30BrN3O. The highest BCUT2D eigenvalue weighted by atomic mass is 79.9. The average molecular weight is 504 g/mol. The number of imidazole rings is 1. The molecule has 1 N–H and O–H groups in total. The molecule has 0 bridgehead atoms. The number of hydrogen-bond acceptors (Lipinski definition) is 2. The summed E-state index contributed by atoms with van der Waals surface area (Å²) in [5.41, 5.74) is 4.38. The third-order valence-corrected chi connectivity index (χ3v) is 6.42. The number of aromatic nitrogens is 2. The van der Waals surface area contributed by atoms with Crippen LogP contribution < -0.4 is 5.32 Å². The minimum Gasteiger partial charge on any atom is -0.352 e. The van der Waals surface area contributed by atoms with Gasteiger partial charge in [-0.1, -0.05) is 64.8 Å². The number of unbranched alkanes of at least 4 members (excludes halogenated alkanes) is 2. The molecule has 0 saturated heterocycles. The van der Waals surface area contributed by atoms with Crippen LogP contribution in [-0.2, 0) is 19.4 Å². The SMILES string of the molecule is O=C(NCCCCCc1nc2ccccc2n1CCCc1ccccc1)c1ccc(Br)cc1. The molecule has 1 aromatic heterocycles. The summed E-state index contributed by atoms with van der Waals surface area (Å²) >= 11 is 3.40. The number of para-hydroxylation sites is 2. The highest BCUT2D eigenvalue weighted by molar-refractivity contribution is 9.10. The maximum atomic E-state index is 12.2. The average Bonchev–Trinajstić information content (AvgIpc) is 3.19. The molecule has 0 aliphatic carbocycles. The molecule has 5 heteroatoms. The van der Waals surface area contributed by atoms with Crippen LogP contribution in [0.3, 0.4) is 0 Å². The first-order chi connectivity index (χ1) is 16.2. The quantitative estimate of drug-likeness (QED) is 0.235. The Kier molecular flexibility index (Phi) is 8.31. The van der Waals surface area contributed by atoms with Crippen molar-refractivity contribution in [1.82, 2.24) is 14.9 Å². The van der Waals surface area contributed by atoms with E-state index in [0.717, 1.165) is 55.1 Å². The van der Waals surface area contributed by atoms with E-state index in [1.54, 1.807) is 0 Å². The lowest BCUT2D eigenvalue weighted by molar-refractivity contribution is 0.0953. The molecule has 0 unspecified atom stereocenters. The zero-order valence-corrected chi connectivity index (χ0v) is 20.4. The van der Waals surface area contributed by atoms with Crippen LogP contribution in [0.2, 0.25) is 0 Å². The van der Waals surface area contributed by atoms with Crippen molar-refractivity contribution >= 4 is 32.9 Å². The Bertz CT molecular complexity index is 1170. The second-order valence-corrected chi connectivity index (χ2v) is 9.25. The van der Waals surface area contributed by atoms with Gasteiger partial charge in [-0.05, 0) is 67.6 Å². The third-order valence-electron chi connectivity index (χ3n) is 5.89. The molecule has 0 saturated carbocycles. The van der Waals surface area contributed by atoms with Crippen LogP contribution in [0.15, 0.2) is 83.3 Å². The van der Waals surface area contributed by atoms with Gasteiger partial charge < -0.3 is 9.88 Å². The standard InChI is InChI=1S/C28H30BrN3O/c29-24-18-16-23(17-19-24)28(33)30-20-8-2-5-15-27-31-25-13-6-7-14-26(25)32(27)21-9-12-22-10-3-1-4-11-22/h1,3-4,6-7,10-11,13-14,16-19H,2,5,8-9,12,15,20-21H2,(H,30,33). The second kappa shape index (κ2) is 11.8. The Balaban J connectivity index is 1.26. The van der Waals surface area contributed by atoms with Gasteiger partial charge in [0.25, 0.3) is 5.91 Å². The molecule has 0 aliphatic rings. The lowest BCUT2D eigenvalue weighted by Gasteiger charge is -2.10. The van der Waals surface area contributed by atoms with Gasteiger partial charge in [-0.25, -0.2) is 4.98 Å². The smallest absolute Gasteiger partial charge is 0.251 e. The molecule has 4 aromatic rings. The summed E-state index contributed by atoms with van der Waals surface area (Å²) in [6.07, 6.45) is 6.23. The first-order valence-corrected chi connectivity index (χ1v) is 12.5. The van der Waals surface area contributed by atoms with Crippen molar-refractivity contribution in [2.24, 2.45) is 0 Å². The molecule has 170 valence electrons. The number of benzene rings is 3. The van der Waals surface area contributed by atoms with Crippen LogP contribution in [-0.4, -0.2) is 22.0 Å². The van der Waals surface area contributed by atoms with Crippen LogP contribution in [0.25, 0.3) is 11.0 Å². The largest absolute Gasteiger partial charge is 0.352 e. The summed E-state index contributed by atoms with van der Waals surface area (Å²) < 4.78 is 3.37. The predicted molar refractivity (Wildman–Crippen MR) is 139 cm³/mol. The number of nitrogens with one attached hydrogen (secondary N) is 1. The van der Waals surface area contributed by atoms with E-state index in [-0.39, 0.29) is 5.91 Å². The van der Waals surface area contributed by atoms with Gasteiger partial charge in [-0.15, -0.1) is 0 Å². The zero-order valence-electron chi connectivity index (χ0n) is 18.8. The van der Waals surface area contributed by atoms with Crippen molar-refractivity contribution in [3.8, 4) is 0 Å². The fourth-order valence-corrected chi connectivity index (χ4v) is 4.41. The van der Waals surface area contributed by atoms with Crippen LogP contribution >= 0.6 is 15.9 Å². The molecule has 0 radical (unpaired) electrons. The van der Waals surface area contributed by atoms with E-state index < -0.39 is 0 Å². The van der Waals surface area contributed by atoms with E-state index in [4.69, 9.17) is 4.98 Å². The predicted octanol–water partition coefficient (Wildman–Crippen LogP) is 6.57. The second-order valence-electron chi connectivity index (χ2n) is 8.33. The lowest BCUT2D eigenvalue weighted by Crippen LogP contribution is -2.24. The maximum absolute atomic E-state index is 12.2. The molecule has 0 atom stereocenters. The number of nitrogens with zero attached hydrogens (tertiary/aromatic N) is 2. The summed E-state index contributed by atoms with van der Waals surface area (Å²) in [7, 11) is 0. The molecule has 3 aromatic carbocycles. The summed E-state index contributed by atoms with van der Waals surface area (Å²) in [5.74, 6) is 1.16. The van der Waals surface area contributed by atoms with E-state index in [2.05, 4.69) is 80.4 Å². The molecule has 4 nitrogen and oxygen atoms in total. The normalized spacial score (nSPS) is 11.1. The van der Waals surface area contributed by atoms with Gasteiger partial charge >= 0.3 is 0 Å². The number of hydrogen-bond donors (Lipinski definition) is 1. The van der Waals surface area contributed by atoms with Crippen molar-refractivity contribution in [1.29, 1.82) is 0 Å². The lowest BCUT2D eigenvalue weighted by atomic mass is 10.1. The van der Waals surface area contributed by atoms with Gasteiger partial charge in [0.2, 0.25) is 0 Å². The summed E-state index contributed by atoms with van der Waals surface area (Å²) in [4.78, 5) is 17.1.